The first-order valence-electron chi connectivity index (χ1n) is 8.74. The van der Waals surface area contributed by atoms with Gasteiger partial charge in [0.1, 0.15) is 5.82 Å². The van der Waals surface area contributed by atoms with Gasteiger partial charge in [-0.25, -0.2) is 4.39 Å². The third kappa shape index (κ3) is 4.95. The lowest BCUT2D eigenvalue weighted by Crippen LogP contribution is -2.32. The Morgan fingerprint density at radius 3 is 2.28 bits per heavy atom. The van der Waals surface area contributed by atoms with E-state index in [0.29, 0.717) is 5.69 Å². The van der Waals surface area contributed by atoms with Crippen molar-refractivity contribution in [1.29, 1.82) is 0 Å². The molecule has 1 heterocycles. The molecular weight excluding hydrogens is 317 g/mol. The van der Waals surface area contributed by atoms with Crippen LogP contribution in [0.15, 0.2) is 48.5 Å². The molecule has 1 fully saturated rings. The number of hydrogen-bond donors (Lipinski definition) is 2. The van der Waals surface area contributed by atoms with Crippen molar-refractivity contribution in [1.82, 2.24) is 0 Å². The Hall–Kier alpha value is -2.56. The van der Waals surface area contributed by atoms with E-state index in [4.69, 9.17) is 0 Å². The van der Waals surface area contributed by atoms with Crippen LogP contribution < -0.4 is 15.5 Å². The maximum Gasteiger partial charge on any atom is 0.243 e. The molecule has 0 saturated carbocycles. The first kappa shape index (κ1) is 17.3. The highest BCUT2D eigenvalue weighted by atomic mass is 19.1. The first-order chi connectivity index (χ1) is 12.1. The number of hydrogen-bond acceptors (Lipinski definition) is 3. The topological polar surface area (TPSA) is 44.4 Å². The molecule has 4 nitrogen and oxygen atoms in total. The Labute approximate surface area is 148 Å². The van der Waals surface area contributed by atoms with E-state index in [1.54, 1.807) is 12.1 Å². The van der Waals surface area contributed by atoms with E-state index in [0.717, 1.165) is 24.7 Å². The Kier molecular flexibility index (Phi) is 5.53. The van der Waals surface area contributed by atoms with Crippen LogP contribution in [0.2, 0.25) is 0 Å². The molecule has 25 heavy (non-hydrogen) atoms. The van der Waals surface area contributed by atoms with Gasteiger partial charge < -0.3 is 15.5 Å². The minimum atomic E-state index is -0.320. The second-order valence-electron chi connectivity index (χ2n) is 6.63. The molecule has 5 heteroatoms. The van der Waals surface area contributed by atoms with Gasteiger partial charge in [-0.05, 0) is 67.3 Å². The molecule has 1 aliphatic rings. The van der Waals surface area contributed by atoms with Crippen molar-refractivity contribution in [2.75, 3.05) is 35.2 Å². The Morgan fingerprint density at radius 1 is 1.04 bits per heavy atom. The molecule has 0 aromatic heterocycles. The van der Waals surface area contributed by atoms with Gasteiger partial charge in [-0.15, -0.1) is 0 Å². The molecule has 3 rings (SSSR count). The number of nitrogens with zero attached hydrogens (tertiary/aromatic N) is 1. The highest BCUT2D eigenvalue weighted by Gasteiger charge is 2.15. The van der Waals surface area contributed by atoms with Crippen LogP contribution in [-0.2, 0) is 4.79 Å². The van der Waals surface area contributed by atoms with E-state index in [1.807, 2.05) is 12.1 Å². The minimum Gasteiger partial charge on any atom is -0.376 e. The van der Waals surface area contributed by atoms with Crippen LogP contribution in [0.25, 0.3) is 0 Å². The smallest absolute Gasteiger partial charge is 0.243 e. The molecule has 1 aliphatic heterocycles. The zero-order valence-corrected chi connectivity index (χ0v) is 14.5. The van der Waals surface area contributed by atoms with Crippen molar-refractivity contribution in [3.63, 3.8) is 0 Å². The summed E-state index contributed by atoms with van der Waals surface area (Å²) in [5.41, 5.74) is 2.72. The highest BCUT2D eigenvalue weighted by Crippen LogP contribution is 2.24. The number of carbonyl (C=O) groups is 1. The standard InChI is InChI=1S/C20H24FN3O/c1-15-10-12-24(13-11-15)19-8-6-17(7-9-19)22-14-20(25)23-18-4-2-16(21)3-5-18/h2-9,15,22H,10-14H2,1H3,(H,23,25). The van der Waals surface area contributed by atoms with Crippen LogP contribution in [0.5, 0.6) is 0 Å². The zero-order valence-electron chi connectivity index (χ0n) is 14.5. The zero-order chi connectivity index (χ0) is 17.6. The van der Waals surface area contributed by atoms with Gasteiger partial charge >= 0.3 is 0 Å². The lowest BCUT2D eigenvalue weighted by Gasteiger charge is -2.32. The molecule has 0 atom stereocenters. The summed E-state index contributed by atoms with van der Waals surface area (Å²) in [5.74, 6) is 0.330. The van der Waals surface area contributed by atoms with E-state index in [-0.39, 0.29) is 18.3 Å². The van der Waals surface area contributed by atoms with E-state index in [2.05, 4.69) is 34.6 Å². The normalized spacial score (nSPS) is 15.0. The number of amides is 1. The van der Waals surface area contributed by atoms with Crippen molar-refractivity contribution >= 4 is 23.0 Å². The fourth-order valence-corrected chi connectivity index (χ4v) is 2.98. The van der Waals surface area contributed by atoms with Crippen LogP contribution in [0, 0.1) is 11.7 Å². The summed E-state index contributed by atoms with van der Waals surface area (Å²) in [4.78, 5) is 14.3. The fraction of sp³-hybridized carbons (Fsp3) is 0.350. The number of halogens is 1. The molecule has 1 saturated heterocycles. The maximum absolute atomic E-state index is 12.9. The summed E-state index contributed by atoms with van der Waals surface area (Å²) >= 11 is 0. The van der Waals surface area contributed by atoms with Crippen molar-refractivity contribution in [3.05, 3.63) is 54.3 Å². The van der Waals surface area contributed by atoms with E-state index >= 15 is 0 Å². The SMILES string of the molecule is CC1CCN(c2ccc(NCC(=O)Nc3ccc(F)cc3)cc2)CC1. The van der Waals surface area contributed by atoms with Crippen LogP contribution in [0.4, 0.5) is 21.5 Å². The molecule has 1 amide bonds. The third-order valence-corrected chi connectivity index (χ3v) is 4.60. The van der Waals surface area contributed by atoms with Crippen molar-refractivity contribution < 1.29 is 9.18 Å². The Balaban J connectivity index is 1.48. The molecule has 132 valence electrons. The molecule has 0 spiro atoms. The molecule has 0 radical (unpaired) electrons. The lowest BCUT2D eigenvalue weighted by molar-refractivity contribution is -0.114. The van der Waals surface area contributed by atoms with Gasteiger partial charge in [0.2, 0.25) is 5.91 Å². The summed E-state index contributed by atoms with van der Waals surface area (Å²) < 4.78 is 12.9. The van der Waals surface area contributed by atoms with Crippen molar-refractivity contribution in [3.8, 4) is 0 Å². The Bertz CT molecular complexity index is 692. The largest absolute Gasteiger partial charge is 0.376 e. The predicted molar refractivity (Wildman–Crippen MR) is 101 cm³/mol. The number of carbonyl (C=O) groups excluding carboxylic acids is 1. The van der Waals surface area contributed by atoms with E-state index in [9.17, 15) is 9.18 Å². The molecule has 2 aromatic carbocycles. The van der Waals surface area contributed by atoms with Crippen molar-refractivity contribution in [2.45, 2.75) is 19.8 Å². The molecule has 0 unspecified atom stereocenters. The minimum absolute atomic E-state index is 0.165. The van der Waals surface area contributed by atoms with Crippen LogP contribution in [-0.4, -0.2) is 25.5 Å². The summed E-state index contributed by atoms with van der Waals surface area (Å²) in [7, 11) is 0. The van der Waals surface area contributed by atoms with Crippen molar-refractivity contribution in [2.24, 2.45) is 5.92 Å². The summed E-state index contributed by atoms with van der Waals surface area (Å²) in [6, 6.07) is 13.9. The van der Waals surface area contributed by atoms with Gasteiger partial charge in [0.25, 0.3) is 0 Å². The maximum atomic E-state index is 12.9. The van der Waals surface area contributed by atoms with E-state index in [1.165, 1.54) is 30.7 Å². The summed E-state index contributed by atoms with van der Waals surface area (Å²) in [6.07, 6.45) is 2.48. The molecule has 2 aromatic rings. The fourth-order valence-electron chi connectivity index (χ4n) is 2.98. The van der Waals surface area contributed by atoms with Crippen LogP contribution >= 0.6 is 0 Å². The van der Waals surface area contributed by atoms with Gasteiger partial charge in [0.15, 0.2) is 0 Å². The lowest BCUT2D eigenvalue weighted by atomic mass is 9.99. The molecule has 0 bridgehead atoms. The second-order valence-corrected chi connectivity index (χ2v) is 6.63. The summed E-state index contributed by atoms with van der Waals surface area (Å²) in [6.45, 7) is 4.68. The highest BCUT2D eigenvalue weighted by molar-refractivity contribution is 5.93. The predicted octanol–water partition coefficient (Wildman–Crippen LogP) is 4.11. The molecular formula is C20H24FN3O. The van der Waals surface area contributed by atoms with Gasteiger partial charge in [-0.2, -0.15) is 0 Å². The number of benzene rings is 2. The van der Waals surface area contributed by atoms with Crippen LogP contribution in [0.1, 0.15) is 19.8 Å². The number of anilines is 3. The quantitative estimate of drug-likeness (QED) is 0.860. The number of piperidine rings is 1. The van der Waals surface area contributed by atoms with Gasteiger partial charge in [-0.1, -0.05) is 6.92 Å². The van der Waals surface area contributed by atoms with Gasteiger partial charge in [0, 0.05) is 30.2 Å². The number of nitrogens with one attached hydrogen (secondary N) is 2. The van der Waals surface area contributed by atoms with Crippen LogP contribution in [0.3, 0.4) is 0 Å². The summed E-state index contributed by atoms with van der Waals surface area (Å²) in [5, 5.41) is 5.84. The van der Waals surface area contributed by atoms with E-state index < -0.39 is 0 Å². The second kappa shape index (κ2) is 8.01. The average Bonchev–Trinajstić information content (AvgIpc) is 2.63. The van der Waals surface area contributed by atoms with Gasteiger partial charge in [-0.3, -0.25) is 4.79 Å². The first-order valence-corrected chi connectivity index (χ1v) is 8.74. The average molecular weight is 341 g/mol. The third-order valence-electron chi connectivity index (χ3n) is 4.60. The molecule has 0 aliphatic carbocycles. The monoisotopic (exact) mass is 341 g/mol. The van der Waals surface area contributed by atoms with Gasteiger partial charge in [0.05, 0.1) is 6.54 Å². The number of rotatable bonds is 5. The molecule has 2 N–H and O–H groups in total. The Morgan fingerprint density at radius 2 is 1.64 bits per heavy atom.